The Labute approximate surface area is 71.0 Å². The average molecular weight is 171 g/mol. The van der Waals surface area contributed by atoms with Crippen molar-refractivity contribution in [1.82, 2.24) is 0 Å². The van der Waals surface area contributed by atoms with Crippen molar-refractivity contribution in [3.8, 4) is 0 Å². The van der Waals surface area contributed by atoms with Gasteiger partial charge in [0.1, 0.15) is 5.78 Å². The van der Waals surface area contributed by atoms with Crippen molar-refractivity contribution in [3.05, 3.63) is 0 Å². The molecule has 1 atom stereocenters. The Balaban J connectivity index is 2.11. The lowest BCUT2D eigenvalue weighted by atomic mass is 10.0. The number of hydrogen-bond acceptors (Lipinski definition) is 4. The van der Waals surface area contributed by atoms with Crippen LogP contribution in [-0.4, -0.2) is 24.9 Å². The van der Waals surface area contributed by atoms with Crippen LogP contribution in [0.15, 0.2) is 0 Å². The van der Waals surface area contributed by atoms with Crippen molar-refractivity contribution >= 4 is 5.78 Å². The van der Waals surface area contributed by atoms with Gasteiger partial charge in [-0.2, -0.15) is 0 Å². The highest BCUT2D eigenvalue weighted by atomic mass is 16.8. The Morgan fingerprint density at radius 2 is 2.08 bits per heavy atom. The van der Waals surface area contributed by atoms with E-state index in [-0.39, 0.29) is 11.7 Å². The monoisotopic (exact) mass is 171 g/mol. The molecule has 1 saturated carbocycles. The number of nitrogens with two attached hydrogens (primary N) is 1. The molecule has 0 spiro atoms. The summed E-state index contributed by atoms with van der Waals surface area (Å²) in [5, 5.41) is 0. The predicted molar refractivity (Wildman–Crippen MR) is 41.2 cm³/mol. The first kappa shape index (κ1) is 8.16. The maximum absolute atomic E-state index is 11.3. The van der Waals surface area contributed by atoms with Crippen LogP contribution >= 0.6 is 0 Å². The largest absolute Gasteiger partial charge is 0.335 e. The third kappa shape index (κ3) is 1.16. The van der Waals surface area contributed by atoms with E-state index >= 15 is 0 Å². The maximum Gasteiger partial charge on any atom is 0.235 e. The number of ketones is 1. The van der Waals surface area contributed by atoms with Gasteiger partial charge in [0.05, 0.1) is 19.1 Å². The van der Waals surface area contributed by atoms with Crippen LogP contribution in [0, 0.1) is 5.92 Å². The minimum Gasteiger partial charge on any atom is -0.335 e. The molecule has 4 heteroatoms. The van der Waals surface area contributed by atoms with Crippen molar-refractivity contribution in [2.45, 2.75) is 25.2 Å². The van der Waals surface area contributed by atoms with Gasteiger partial charge >= 0.3 is 0 Å². The smallest absolute Gasteiger partial charge is 0.235 e. The Morgan fingerprint density at radius 1 is 1.42 bits per heavy atom. The summed E-state index contributed by atoms with van der Waals surface area (Å²) in [5.74, 6) is -1.16. The van der Waals surface area contributed by atoms with E-state index in [2.05, 4.69) is 0 Å². The highest BCUT2D eigenvalue weighted by Crippen LogP contribution is 2.33. The molecule has 2 fully saturated rings. The molecular weight excluding hydrogens is 158 g/mol. The van der Waals surface area contributed by atoms with E-state index in [1.165, 1.54) is 0 Å². The number of ether oxygens (including phenoxy) is 2. The number of rotatable bonds is 1. The molecule has 2 rings (SSSR count). The van der Waals surface area contributed by atoms with Gasteiger partial charge in [0.2, 0.25) is 5.91 Å². The van der Waals surface area contributed by atoms with Crippen LogP contribution in [0.2, 0.25) is 0 Å². The first-order valence-electron chi connectivity index (χ1n) is 4.32. The first-order chi connectivity index (χ1) is 5.72. The molecule has 4 nitrogen and oxygen atoms in total. The van der Waals surface area contributed by atoms with Crippen molar-refractivity contribution < 1.29 is 14.3 Å². The number of hydrogen-bond donors (Lipinski definition) is 1. The normalized spacial score (nSPS) is 34.4. The lowest BCUT2D eigenvalue weighted by Crippen LogP contribution is -2.49. The van der Waals surface area contributed by atoms with Crippen molar-refractivity contribution in [1.29, 1.82) is 0 Å². The summed E-state index contributed by atoms with van der Waals surface area (Å²) in [6.07, 6.45) is 2.33. The van der Waals surface area contributed by atoms with Crippen LogP contribution in [0.5, 0.6) is 0 Å². The SMILES string of the molecule is NC1(C2CCCC2=O)OCCO1. The fraction of sp³-hybridized carbons (Fsp3) is 0.875. The topological polar surface area (TPSA) is 61.6 Å². The fourth-order valence-corrected chi connectivity index (χ4v) is 1.89. The van der Waals surface area contributed by atoms with E-state index < -0.39 is 5.91 Å². The fourth-order valence-electron chi connectivity index (χ4n) is 1.89. The predicted octanol–water partition coefficient (Wildman–Crippen LogP) is 0.0149. The second-order valence-electron chi connectivity index (χ2n) is 3.33. The van der Waals surface area contributed by atoms with Crippen molar-refractivity contribution in [2.75, 3.05) is 13.2 Å². The summed E-state index contributed by atoms with van der Waals surface area (Å²) < 4.78 is 10.5. The second kappa shape index (κ2) is 2.80. The van der Waals surface area contributed by atoms with Crippen LogP contribution in [0.4, 0.5) is 0 Å². The molecule has 1 aliphatic heterocycles. The van der Waals surface area contributed by atoms with Crippen LogP contribution < -0.4 is 5.73 Å². The number of carbonyl (C=O) groups is 1. The van der Waals surface area contributed by atoms with Crippen molar-refractivity contribution in [2.24, 2.45) is 11.7 Å². The van der Waals surface area contributed by atoms with E-state index in [0.29, 0.717) is 19.6 Å². The molecule has 0 radical (unpaired) electrons. The molecule has 12 heavy (non-hydrogen) atoms. The third-order valence-electron chi connectivity index (χ3n) is 2.53. The van der Waals surface area contributed by atoms with E-state index in [9.17, 15) is 4.79 Å². The summed E-state index contributed by atoms with van der Waals surface area (Å²) in [6.45, 7) is 1.00. The summed E-state index contributed by atoms with van der Waals surface area (Å²) in [5.41, 5.74) is 5.79. The van der Waals surface area contributed by atoms with Gasteiger partial charge in [-0.25, -0.2) is 0 Å². The van der Waals surface area contributed by atoms with E-state index in [1.807, 2.05) is 0 Å². The zero-order chi connectivity index (χ0) is 8.60. The first-order valence-corrected chi connectivity index (χ1v) is 4.32. The molecule has 0 aromatic carbocycles. The van der Waals surface area contributed by atoms with Gasteiger partial charge in [-0.15, -0.1) is 0 Å². The van der Waals surface area contributed by atoms with Gasteiger partial charge in [0.15, 0.2) is 0 Å². The summed E-state index contributed by atoms with van der Waals surface area (Å²) in [4.78, 5) is 11.3. The summed E-state index contributed by atoms with van der Waals surface area (Å²) in [6, 6.07) is 0. The van der Waals surface area contributed by atoms with Gasteiger partial charge in [-0.3, -0.25) is 10.5 Å². The molecule has 1 heterocycles. The lowest BCUT2D eigenvalue weighted by molar-refractivity contribution is -0.190. The summed E-state index contributed by atoms with van der Waals surface area (Å²) >= 11 is 0. The maximum atomic E-state index is 11.3. The Bertz CT molecular complexity index is 198. The van der Waals surface area contributed by atoms with E-state index in [4.69, 9.17) is 15.2 Å². The molecule has 2 N–H and O–H groups in total. The Morgan fingerprint density at radius 3 is 2.58 bits per heavy atom. The Kier molecular flexibility index (Phi) is 1.90. The number of carbonyl (C=O) groups excluding carboxylic acids is 1. The zero-order valence-corrected chi connectivity index (χ0v) is 6.91. The minimum absolute atomic E-state index is 0.180. The highest BCUT2D eigenvalue weighted by molar-refractivity contribution is 5.83. The van der Waals surface area contributed by atoms with E-state index in [0.717, 1.165) is 12.8 Å². The third-order valence-corrected chi connectivity index (χ3v) is 2.53. The van der Waals surface area contributed by atoms with Crippen LogP contribution in [0.1, 0.15) is 19.3 Å². The zero-order valence-electron chi connectivity index (χ0n) is 6.91. The molecule has 68 valence electrons. The molecule has 0 amide bonds. The lowest BCUT2D eigenvalue weighted by Gasteiger charge is -2.27. The van der Waals surface area contributed by atoms with Crippen LogP contribution in [0.25, 0.3) is 0 Å². The molecule has 1 aliphatic carbocycles. The average Bonchev–Trinajstić information content (AvgIpc) is 2.59. The minimum atomic E-state index is -1.10. The van der Waals surface area contributed by atoms with Gasteiger partial charge in [0.25, 0.3) is 0 Å². The second-order valence-corrected chi connectivity index (χ2v) is 3.33. The van der Waals surface area contributed by atoms with E-state index in [1.54, 1.807) is 0 Å². The molecule has 2 aliphatic rings. The molecule has 0 bridgehead atoms. The van der Waals surface area contributed by atoms with Crippen LogP contribution in [-0.2, 0) is 14.3 Å². The Hall–Kier alpha value is -0.450. The molecular formula is C8H13NO3. The van der Waals surface area contributed by atoms with Gasteiger partial charge in [-0.1, -0.05) is 0 Å². The van der Waals surface area contributed by atoms with Crippen LogP contribution in [0.3, 0.4) is 0 Å². The van der Waals surface area contributed by atoms with Gasteiger partial charge in [-0.05, 0) is 12.8 Å². The summed E-state index contributed by atoms with van der Waals surface area (Å²) in [7, 11) is 0. The standard InChI is InChI=1S/C8H13NO3/c9-8(11-4-5-12-8)6-2-1-3-7(6)10/h6H,1-5,9H2. The van der Waals surface area contributed by atoms with Crippen molar-refractivity contribution in [3.63, 3.8) is 0 Å². The molecule has 1 saturated heterocycles. The van der Waals surface area contributed by atoms with Gasteiger partial charge < -0.3 is 9.47 Å². The molecule has 0 aromatic rings. The quantitative estimate of drug-likeness (QED) is 0.604. The highest BCUT2D eigenvalue weighted by Gasteiger charge is 2.46. The van der Waals surface area contributed by atoms with Gasteiger partial charge in [0, 0.05) is 6.42 Å². The molecule has 0 aromatic heterocycles. The molecule has 1 unspecified atom stereocenters. The number of Topliss-reactive ketones (excluding diaryl/α,β-unsaturated/α-hetero) is 1.